The summed E-state index contributed by atoms with van der Waals surface area (Å²) in [5, 5.41) is 8.52. The molecule has 0 saturated heterocycles. The Balaban J connectivity index is 1.78. The van der Waals surface area contributed by atoms with Crippen molar-refractivity contribution in [3.8, 4) is 23.0 Å². The second-order valence-electron chi connectivity index (χ2n) is 6.76. The first kappa shape index (κ1) is 17.2. The molecule has 4 heterocycles. The number of aliphatic imine (C=N–C) groups is 1. The standard InChI is InChI=1S/C21H18N8/c1-28-16(9-13-23-28)18-25-19(17-10-14-24-29(17)2)27-20(26-18)21(11-6-12-22-21)15-7-4-3-5-8-15/h3-14H,1-2H3. The summed E-state index contributed by atoms with van der Waals surface area (Å²) < 4.78 is 3.49. The predicted octanol–water partition coefficient (Wildman–Crippen LogP) is 2.56. The first-order valence-electron chi connectivity index (χ1n) is 9.19. The first-order chi connectivity index (χ1) is 14.2. The number of allylic oxidation sites excluding steroid dienone is 1. The fraction of sp³-hybridized carbons (Fsp3) is 0.143. The van der Waals surface area contributed by atoms with Gasteiger partial charge in [0.05, 0.1) is 0 Å². The molecule has 8 heteroatoms. The number of hydrogen-bond acceptors (Lipinski definition) is 6. The molecule has 1 aromatic carbocycles. The molecule has 3 aromatic heterocycles. The van der Waals surface area contributed by atoms with Crippen LogP contribution in [0.3, 0.4) is 0 Å². The third-order valence-electron chi connectivity index (χ3n) is 4.99. The molecule has 0 aliphatic carbocycles. The minimum atomic E-state index is -0.801. The molecule has 1 atom stereocenters. The average Bonchev–Trinajstić information content (AvgIpc) is 3.49. The molecule has 142 valence electrons. The van der Waals surface area contributed by atoms with E-state index in [9.17, 15) is 0 Å². The molecular weight excluding hydrogens is 364 g/mol. The van der Waals surface area contributed by atoms with E-state index in [1.165, 1.54) is 0 Å². The molecule has 0 N–H and O–H groups in total. The number of aromatic nitrogens is 7. The molecular formula is C21H18N8. The van der Waals surface area contributed by atoms with Crippen LogP contribution >= 0.6 is 0 Å². The van der Waals surface area contributed by atoms with E-state index >= 15 is 0 Å². The molecule has 0 spiro atoms. The SMILES string of the molecule is Cn1nccc1-c1nc(-c2ccnn2C)nc(C2(c3ccccc3)C=CC=N2)n1. The van der Waals surface area contributed by atoms with E-state index in [0.717, 1.165) is 17.0 Å². The van der Waals surface area contributed by atoms with Crippen LogP contribution in [0.1, 0.15) is 11.4 Å². The molecule has 0 radical (unpaired) electrons. The summed E-state index contributed by atoms with van der Waals surface area (Å²) in [6, 6.07) is 13.8. The smallest absolute Gasteiger partial charge is 0.181 e. The number of rotatable bonds is 4. The highest BCUT2D eigenvalue weighted by molar-refractivity contribution is 5.77. The summed E-state index contributed by atoms with van der Waals surface area (Å²) in [6.45, 7) is 0. The Morgan fingerprint density at radius 2 is 1.38 bits per heavy atom. The van der Waals surface area contributed by atoms with Gasteiger partial charge in [0.15, 0.2) is 23.0 Å². The van der Waals surface area contributed by atoms with Crippen LogP contribution in [0.15, 0.2) is 72.0 Å². The second kappa shape index (κ2) is 6.59. The van der Waals surface area contributed by atoms with Gasteiger partial charge >= 0.3 is 0 Å². The van der Waals surface area contributed by atoms with Crippen molar-refractivity contribution in [2.24, 2.45) is 19.1 Å². The van der Waals surface area contributed by atoms with E-state index in [4.69, 9.17) is 19.9 Å². The van der Waals surface area contributed by atoms with Crippen LogP contribution in [-0.4, -0.2) is 40.7 Å². The lowest BCUT2D eigenvalue weighted by molar-refractivity contribution is 0.634. The van der Waals surface area contributed by atoms with Gasteiger partial charge in [0, 0.05) is 32.7 Å². The Kier molecular flexibility index (Phi) is 3.90. The van der Waals surface area contributed by atoms with Gasteiger partial charge < -0.3 is 0 Å². The van der Waals surface area contributed by atoms with Gasteiger partial charge in [0.25, 0.3) is 0 Å². The predicted molar refractivity (Wildman–Crippen MR) is 109 cm³/mol. The zero-order valence-corrected chi connectivity index (χ0v) is 16.0. The largest absolute Gasteiger partial charge is 0.269 e. The molecule has 0 amide bonds. The maximum atomic E-state index is 4.83. The first-order valence-corrected chi connectivity index (χ1v) is 9.19. The van der Waals surface area contributed by atoms with Gasteiger partial charge in [-0.2, -0.15) is 10.2 Å². The Morgan fingerprint density at radius 3 is 1.86 bits per heavy atom. The van der Waals surface area contributed by atoms with Crippen LogP contribution in [0.25, 0.3) is 23.0 Å². The highest BCUT2D eigenvalue weighted by atomic mass is 15.3. The van der Waals surface area contributed by atoms with Crippen molar-refractivity contribution >= 4 is 6.21 Å². The third kappa shape index (κ3) is 2.77. The zero-order valence-electron chi connectivity index (χ0n) is 16.0. The van der Waals surface area contributed by atoms with Gasteiger partial charge in [0.1, 0.15) is 11.4 Å². The van der Waals surface area contributed by atoms with E-state index in [-0.39, 0.29) is 0 Å². The van der Waals surface area contributed by atoms with Crippen molar-refractivity contribution in [3.05, 3.63) is 78.4 Å². The molecule has 0 fully saturated rings. The summed E-state index contributed by atoms with van der Waals surface area (Å²) in [5.41, 5.74) is 1.78. The van der Waals surface area contributed by atoms with Crippen molar-refractivity contribution in [2.45, 2.75) is 5.54 Å². The van der Waals surface area contributed by atoms with Gasteiger partial charge in [-0.25, -0.2) is 15.0 Å². The summed E-state index contributed by atoms with van der Waals surface area (Å²) in [5.74, 6) is 1.63. The van der Waals surface area contributed by atoms with E-state index in [0.29, 0.717) is 17.5 Å². The molecule has 29 heavy (non-hydrogen) atoms. The van der Waals surface area contributed by atoms with Gasteiger partial charge in [0.2, 0.25) is 0 Å². The van der Waals surface area contributed by atoms with Crippen molar-refractivity contribution in [3.63, 3.8) is 0 Å². The van der Waals surface area contributed by atoms with Gasteiger partial charge in [-0.3, -0.25) is 14.4 Å². The van der Waals surface area contributed by atoms with Crippen molar-refractivity contribution in [1.82, 2.24) is 34.5 Å². The monoisotopic (exact) mass is 382 g/mol. The Labute approximate surface area is 167 Å². The maximum Gasteiger partial charge on any atom is 0.181 e. The Hall–Kier alpha value is -3.94. The Morgan fingerprint density at radius 1 is 0.759 bits per heavy atom. The lowest BCUT2D eigenvalue weighted by atomic mass is 9.90. The zero-order chi connectivity index (χ0) is 19.8. The fourth-order valence-electron chi connectivity index (χ4n) is 3.47. The molecule has 0 saturated carbocycles. The second-order valence-corrected chi connectivity index (χ2v) is 6.76. The van der Waals surface area contributed by atoms with E-state index < -0.39 is 5.54 Å². The van der Waals surface area contributed by atoms with Crippen molar-refractivity contribution < 1.29 is 0 Å². The number of nitrogens with zero attached hydrogens (tertiary/aromatic N) is 8. The number of benzene rings is 1. The fourth-order valence-corrected chi connectivity index (χ4v) is 3.47. The average molecular weight is 382 g/mol. The molecule has 4 aromatic rings. The minimum Gasteiger partial charge on any atom is -0.269 e. The van der Waals surface area contributed by atoms with Crippen LogP contribution in [-0.2, 0) is 19.6 Å². The summed E-state index contributed by atoms with van der Waals surface area (Å²) in [6.07, 6.45) is 9.17. The number of aryl methyl sites for hydroxylation is 2. The molecule has 1 unspecified atom stereocenters. The molecule has 0 bridgehead atoms. The lowest BCUT2D eigenvalue weighted by Crippen LogP contribution is -2.25. The number of hydrogen-bond donors (Lipinski definition) is 0. The van der Waals surface area contributed by atoms with Gasteiger partial charge in [-0.05, 0) is 29.8 Å². The summed E-state index contributed by atoms with van der Waals surface area (Å²) in [7, 11) is 3.73. The minimum absolute atomic E-state index is 0.539. The molecule has 1 aliphatic rings. The van der Waals surface area contributed by atoms with Gasteiger partial charge in [-0.1, -0.05) is 30.3 Å². The van der Waals surface area contributed by atoms with Crippen LogP contribution in [0.4, 0.5) is 0 Å². The quantitative estimate of drug-likeness (QED) is 0.541. The summed E-state index contributed by atoms with van der Waals surface area (Å²) >= 11 is 0. The third-order valence-corrected chi connectivity index (χ3v) is 4.99. The van der Waals surface area contributed by atoms with Crippen molar-refractivity contribution in [1.29, 1.82) is 0 Å². The highest BCUT2D eigenvalue weighted by Crippen LogP contribution is 2.36. The maximum absolute atomic E-state index is 4.83. The van der Waals surface area contributed by atoms with Crippen LogP contribution in [0.5, 0.6) is 0 Å². The summed E-state index contributed by atoms with van der Waals surface area (Å²) in [4.78, 5) is 19.1. The van der Waals surface area contributed by atoms with Crippen LogP contribution in [0, 0.1) is 0 Å². The van der Waals surface area contributed by atoms with E-state index in [2.05, 4.69) is 10.2 Å². The Bertz CT molecular complexity index is 1160. The van der Waals surface area contributed by atoms with Crippen LogP contribution < -0.4 is 0 Å². The molecule has 1 aliphatic heterocycles. The van der Waals surface area contributed by atoms with E-state index in [1.54, 1.807) is 28.0 Å². The highest BCUT2D eigenvalue weighted by Gasteiger charge is 2.37. The molecule has 5 rings (SSSR count). The van der Waals surface area contributed by atoms with E-state index in [1.807, 2.05) is 68.7 Å². The normalized spacial score (nSPS) is 17.9. The van der Waals surface area contributed by atoms with Crippen LogP contribution in [0.2, 0.25) is 0 Å². The lowest BCUT2D eigenvalue weighted by Gasteiger charge is -2.24. The topological polar surface area (TPSA) is 86.7 Å². The van der Waals surface area contributed by atoms with Gasteiger partial charge in [-0.15, -0.1) is 0 Å². The van der Waals surface area contributed by atoms with Crippen molar-refractivity contribution in [2.75, 3.05) is 0 Å². The molecule has 8 nitrogen and oxygen atoms in total.